The molecular weight excluding hydrogens is 384 g/mol. The zero-order valence-corrected chi connectivity index (χ0v) is 17.8. The van der Waals surface area contributed by atoms with Crippen molar-refractivity contribution in [1.29, 1.82) is 0 Å². The maximum Gasteiger partial charge on any atom is 0.307 e. The lowest BCUT2D eigenvalue weighted by Crippen LogP contribution is -2.31. The number of fused-ring (bicyclic) bond motifs is 1. The molecule has 1 unspecified atom stereocenters. The normalized spacial score (nSPS) is 12.0. The van der Waals surface area contributed by atoms with E-state index >= 15 is 0 Å². The third kappa shape index (κ3) is 5.01. The molecule has 152 valence electrons. The second-order valence-electron chi connectivity index (χ2n) is 6.81. The van der Waals surface area contributed by atoms with Gasteiger partial charge in [-0.2, -0.15) is 0 Å². The first-order valence-electron chi connectivity index (χ1n) is 9.62. The lowest BCUT2D eigenvalue weighted by Gasteiger charge is -2.18. The predicted molar refractivity (Wildman–Crippen MR) is 117 cm³/mol. The highest BCUT2D eigenvalue weighted by molar-refractivity contribution is 7.98. The molecule has 0 aliphatic heterocycles. The van der Waals surface area contributed by atoms with Crippen molar-refractivity contribution in [3.8, 4) is 0 Å². The molecule has 0 bridgehead atoms. The lowest BCUT2D eigenvalue weighted by atomic mass is 10.0. The number of aryl methyl sites for hydroxylation is 1. The molecule has 0 spiro atoms. The van der Waals surface area contributed by atoms with Crippen LogP contribution in [-0.2, 0) is 27.3 Å². The van der Waals surface area contributed by atoms with E-state index in [1.165, 1.54) is 7.11 Å². The first-order chi connectivity index (χ1) is 14.0. The molecule has 3 rings (SSSR count). The summed E-state index contributed by atoms with van der Waals surface area (Å²) in [5, 5.41) is 4.10. The van der Waals surface area contributed by atoms with Crippen molar-refractivity contribution in [2.24, 2.45) is 0 Å². The van der Waals surface area contributed by atoms with Gasteiger partial charge < -0.3 is 14.6 Å². The number of aromatic nitrogens is 1. The van der Waals surface area contributed by atoms with Gasteiger partial charge >= 0.3 is 5.97 Å². The van der Waals surface area contributed by atoms with E-state index < -0.39 is 6.04 Å². The number of ether oxygens (including phenoxy) is 1. The van der Waals surface area contributed by atoms with E-state index in [2.05, 4.69) is 22.9 Å². The van der Waals surface area contributed by atoms with Gasteiger partial charge in [-0.1, -0.05) is 30.3 Å². The van der Waals surface area contributed by atoms with Crippen LogP contribution in [0.2, 0.25) is 0 Å². The second kappa shape index (κ2) is 9.65. The van der Waals surface area contributed by atoms with Gasteiger partial charge in [-0.3, -0.25) is 9.59 Å². The van der Waals surface area contributed by atoms with Gasteiger partial charge in [0, 0.05) is 28.5 Å². The fraction of sp³-hybridized carbons (Fsp3) is 0.304. The van der Waals surface area contributed by atoms with Crippen molar-refractivity contribution in [3.05, 3.63) is 65.9 Å². The van der Waals surface area contributed by atoms with Gasteiger partial charge in [-0.05, 0) is 42.5 Å². The minimum Gasteiger partial charge on any atom is -0.469 e. The molecule has 0 aliphatic carbocycles. The van der Waals surface area contributed by atoms with Crippen LogP contribution < -0.4 is 5.32 Å². The number of nitrogens with one attached hydrogen (secondary N) is 1. The van der Waals surface area contributed by atoms with Gasteiger partial charge in [-0.25, -0.2) is 0 Å². The molecule has 1 N–H and O–H groups in total. The summed E-state index contributed by atoms with van der Waals surface area (Å²) in [6.07, 6.45) is 4.40. The van der Waals surface area contributed by atoms with Crippen LogP contribution in [-0.4, -0.2) is 29.8 Å². The zero-order valence-electron chi connectivity index (χ0n) is 17.0. The van der Waals surface area contributed by atoms with Crippen molar-refractivity contribution in [3.63, 3.8) is 0 Å². The fourth-order valence-corrected chi connectivity index (χ4v) is 3.89. The number of rotatable bonds is 8. The van der Waals surface area contributed by atoms with Crippen LogP contribution in [0.1, 0.15) is 30.5 Å². The number of benzene rings is 2. The SMILES string of the molecule is CCn1cc(CC(=O)NC(CC(=O)OC)c2ccc(SC)cc2)c2ccccc21. The number of carbonyl (C=O) groups is 2. The molecule has 6 heteroatoms. The molecule has 5 nitrogen and oxygen atoms in total. The Hall–Kier alpha value is -2.73. The summed E-state index contributed by atoms with van der Waals surface area (Å²) in [6, 6.07) is 15.5. The highest BCUT2D eigenvalue weighted by atomic mass is 32.2. The molecule has 0 saturated heterocycles. The minimum absolute atomic E-state index is 0.0948. The number of esters is 1. The van der Waals surface area contributed by atoms with Crippen LogP contribution in [0.5, 0.6) is 0 Å². The van der Waals surface area contributed by atoms with Crippen molar-refractivity contribution < 1.29 is 14.3 Å². The molecule has 1 atom stereocenters. The van der Waals surface area contributed by atoms with Crippen LogP contribution in [0, 0.1) is 0 Å². The molecule has 1 heterocycles. The van der Waals surface area contributed by atoms with Gasteiger partial charge in [0.1, 0.15) is 0 Å². The Labute approximate surface area is 175 Å². The maximum absolute atomic E-state index is 12.9. The quantitative estimate of drug-likeness (QED) is 0.443. The van der Waals surface area contributed by atoms with Gasteiger partial charge in [0.2, 0.25) is 5.91 Å². The van der Waals surface area contributed by atoms with Crippen molar-refractivity contribution in [2.75, 3.05) is 13.4 Å². The number of hydrogen-bond donors (Lipinski definition) is 1. The Morgan fingerprint density at radius 2 is 1.86 bits per heavy atom. The maximum atomic E-state index is 12.9. The molecule has 1 aromatic heterocycles. The number of carbonyl (C=O) groups excluding carboxylic acids is 2. The topological polar surface area (TPSA) is 60.3 Å². The minimum atomic E-state index is -0.426. The molecule has 2 aromatic carbocycles. The molecule has 29 heavy (non-hydrogen) atoms. The standard InChI is InChI=1S/C23H26N2O3S/c1-4-25-15-17(19-7-5-6-8-21(19)25)13-22(26)24-20(14-23(27)28-2)16-9-11-18(29-3)12-10-16/h5-12,15,20H,4,13-14H2,1-3H3,(H,24,26). The largest absolute Gasteiger partial charge is 0.469 e. The lowest BCUT2D eigenvalue weighted by molar-refractivity contribution is -0.141. The Bertz CT molecular complexity index is 995. The summed E-state index contributed by atoms with van der Waals surface area (Å²) in [5.41, 5.74) is 2.99. The van der Waals surface area contributed by atoms with E-state index in [-0.39, 0.29) is 24.7 Å². The van der Waals surface area contributed by atoms with Gasteiger partial charge in [-0.15, -0.1) is 11.8 Å². The highest BCUT2D eigenvalue weighted by Gasteiger charge is 2.20. The number of nitrogens with zero attached hydrogens (tertiary/aromatic N) is 1. The predicted octanol–water partition coefficient (Wildman–Crippen LogP) is 4.35. The van der Waals surface area contributed by atoms with E-state index in [0.717, 1.165) is 33.5 Å². The van der Waals surface area contributed by atoms with E-state index in [0.29, 0.717) is 0 Å². The van der Waals surface area contributed by atoms with Crippen LogP contribution in [0.15, 0.2) is 59.6 Å². The van der Waals surface area contributed by atoms with Crippen molar-refractivity contribution in [2.45, 2.75) is 37.2 Å². The molecular formula is C23H26N2O3S. The average Bonchev–Trinajstić information content (AvgIpc) is 3.10. The summed E-state index contributed by atoms with van der Waals surface area (Å²) in [5.74, 6) is -0.473. The zero-order chi connectivity index (χ0) is 20.8. The van der Waals surface area contributed by atoms with Gasteiger partial charge in [0.15, 0.2) is 0 Å². The van der Waals surface area contributed by atoms with Gasteiger partial charge in [0.25, 0.3) is 0 Å². The first kappa shape index (κ1) is 21.0. The van der Waals surface area contributed by atoms with Crippen LogP contribution in [0.25, 0.3) is 10.9 Å². The van der Waals surface area contributed by atoms with Crippen LogP contribution in [0.3, 0.4) is 0 Å². The molecule has 0 aliphatic rings. The number of hydrogen-bond acceptors (Lipinski definition) is 4. The third-order valence-electron chi connectivity index (χ3n) is 5.01. The molecule has 0 fully saturated rings. The highest BCUT2D eigenvalue weighted by Crippen LogP contribution is 2.24. The number of thioether (sulfide) groups is 1. The summed E-state index contributed by atoms with van der Waals surface area (Å²) in [7, 11) is 1.36. The Morgan fingerprint density at radius 1 is 1.14 bits per heavy atom. The summed E-state index contributed by atoms with van der Waals surface area (Å²) < 4.78 is 6.97. The Balaban J connectivity index is 1.80. The van der Waals surface area contributed by atoms with E-state index in [9.17, 15) is 9.59 Å². The monoisotopic (exact) mass is 410 g/mol. The summed E-state index contributed by atoms with van der Waals surface area (Å²) >= 11 is 1.65. The Kier molecular flexibility index (Phi) is 6.99. The van der Waals surface area contributed by atoms with E-state index in [4.69, 9.17) is 4.74 Å². The molecule has 0 radical (unpaired) electrons. The summed E-state index contributed by atoms with van der Waals surface area (Å²) in [6.45, 7) is 2.93. The van der Waals surface area contributed by atoms with Crippen molar-refractivity contribution >= 4 is 34.5 Å². The molecule has 1 amide bonds. The second-order valence-corrected chi connectivity index (χ2v) is 7.69. The van der Waals surface area contributed by atoms with Gasteiger partial charge in [0.05, 0.1) is 26.0 Å². The number of amides is 1. The van der Waals surface area contributed by atoms with E-state index in [1.54, 1.807) is 11.8 Å². The van der Waals surface area contributed by atoms with Crippen LogP contribution in [0.4, 0.5) is 0 Å². The number of methoxy groups -OCH3 is 1. The fourth-order valence-electron chi connectivity index (χ4n) is 3.48. The first-order valence-corrected chi connectivity index (χ1v) is 10.8. The Morgan fingerprint density at radius 3 is 2.52 bits per heavy atom. The van der Waals surface area contributed by atoms with Crippen molar-refractivity contribution in [1.82, 2.24) is 9.88 Å². The third-order valence-corrected chi connectivity index (χ3v) is 5.76. The smallest absolute Gasteiger partial charge is 0.307 e. The van der Waals surface area contributed by atoms with Crippen LogP contribution >= 0.6 is 11.8 Å². The molecule has 0 saturated carbocycles. The number of para-hydroxylation sites is 1. The summed E-state index contributed by atoms with van der Waals surface area (Å²) in [4.78, 5) is 25.9. The van der Waals surface area contributed by atoms with E-state index in [1.807, 2.05) is 54.9 Å². The average molecular weight is 411 g/mol. The molecule has 3 aromatic rings.